The highest BCUT2D eigenvalue weighted by Crippen LogP contribution is 2.38. The van der Waals surface area contributed by atoms with Gasteiger partial charge in [0, 0.05) is 0 Å². The maximum atomic E-state index is 10.7. The molecule has 0 aromatic rings. The third kappa shape index (κ3) is 4.43. The van der Waals surface area contributed by atoms with E-state index in [-0.39, 0.29) is 0 Å². The van der Waals surface area contributed by atoms with Crippen molar-refractivity contribution in [2.75, 3.05) is 12.9 Å². The summed E-state index contributed by atoms with van der Waals surface area (Å²) in [6.45, 7) is 3.97. The summed E-state index contributed by atoms with van der Waals surface area (Å²) in [6, 6.07) is 0. The molecule has 0 saturated heterocycles. The van der Waals surface area contributed by atoms with Crippen molar-refractivity contribution >= 4 is 10.1 Å². The minimum atomic E-state index is -3.28. The quantitative estimate of drug-likeness (QED) is 0.487. The van der Waals surface area contributed by atoms with E-state index in [1.54, 1.807) is 0 Å². The van der Waals surface area contributed by atoms with Gasteiger partial charge in [0.15, 0.2) is 0 Å². The Balaban J connectivity index is 2.34. The van der Waals surface area contributed by atoms with Crippen LogP contribution in [0.1, 0.15) is 19.3 Å². The molecule has 0 bridgehead atoms. The molecule has 1 atom stereocenters. The molecule has 1 aliphatic carbocycles. The standard InChI is InChI=1S/C9H16O3S/c1-3-4-9(8-5-6-8)7-12-13(2,10)11/h3,8-9H,1,4-7H2,2H3. The van der Waals surface area contributed by atoms with Crippen LogP contribution in [0, 0.1) is 11.8 Å². The number of hydrogen-bond acceptors (Lipinski definition) is 3. The molecule has 76 valence electrons. The summed E-state index contributed by atoms with van der Waals surface area (Å²) >= 11 is 0. The topological polar surface area (TPSA) is 43.4 Å². The van der Waals surface area contributed by atoms with Crippen LogP contribution in [0.15, 0.2) is 12.7 Å². The van der Waals surface area contributed by atoms with E-state index in [4.69, 9.17) is 4.18 Å². The van der Waals surface area contributed by atoms with Gasteiger partial charge in [0.1, 0.15) is 0 Å². The van der Waals surface area contributed by atoms with E-state index >= 15 is 0 Å². The largest absolute Gasteiger partial charge is 0.270 e. The van der Waals surface area contributed by atoms with Gasteiger partial charge < -0.3 is 0 Å². The Labute approximate surface area is 79.9 Å². The van der Waals surface area contributed by atoms with Crippen LogP contribution in [0.4, 0.5) is 0 Å². The zero-order valence-electron chi connectivity index (χ0n) is 7.90. The van der Waals surface area contributed by atoms with Gasteiger partial charge in [-0.2, -0.15) is 8.42 Å². The van der Waals surface area contributed by atoms with Crippen molar-refractivity contribution < 1.29 is 12.6 Å². The summed E-state index contributed by atoms with van der Waals surface area (Å²) < 4.78 is 26.2. The summed E-state index contributed by atoms with van der Waals surface area (Å²) in [5.74, 6) is 0.993. The van der Waals surface area contributed by atoms with E-state index < -0.39 is 10.1 Å². The smallest absolute Gasteiger partial charge is 0.264 e. The van der Waals surface area contributed by atoms with Crippen LogP contribution in [-0.2, 0) is 14.3 Å². The first-order chi connectivity index (χ1) is 6.03. The van der Waals surface area contributed by atoms with Gasteiger partial charge in [-0.3, -0.25) is 4.18 Å². The van der Waals surface area contributed by atoms with Crippen LogP contribution in [-0.4, -0.2) is 21.3 Å². The molecule has 4 heteroatoms. The molecule has 0 N–H and O–H groups in total. The first-order valence-corrected chi connectivity index (χ1v) is 6.30. The van der Waals surface area contributed by atoms with Gasteiger partial charge in [-0.15, -0.1) is 6.58 Å². The van der Waals surface area contributed by atoms with E-state index in [1.165, 1.54) is 12.8 Å². The first kappa shape index (κ1) is 10.7. The van der Waals surface area contributed by atoms with E-state index in [0.29, 0.717) is 18.4 Å². The van der Waals surface area contributed by atoms with Crippen molar-refractivity contribution in [3.63, 3.8) is 0 Å². The first-order valence-electron chi connectivity index (χ1n) is 4.48. The molecule has 1 unspecified atom stereocenters. The molecule has 0 aromatic carbocycles. The number of hydrogen-bond donors (Lipinski definition) is 0. The van der Waals surface area contributed by atoms with Crippen LogP contribution in [0.25, 0.3) is 0 Å². The Hall–Kier alpha value is -0.350. The lowest BCUT2D eigenvalue weighted by atomic mass is 10.0. The molecule has 0 spiro atoms. The van der Waals surface area contributed by atoms with Gasteiger partial charge >= 0.3 is 0 Å². The van der Waals surface area contributed by atoms with E-state index in [1.807, 2.05) is 6.08 Å². The zero-order valence-corrected chi connectivity index (χ0v) is 8.72. The third-order valence-electron chi connectivity index (χ3n) is 2.25. The molecule has 0 aliphatic heterocycles. The molecule has 0 aromatic heterocycles. The Morgan fingerprint density at radius 1 is 1.62 bits per heavy atom. The van der Waals surface area contributed by atoms with Crippen molar-refractivity contribution in [1.29, 1.82) is 0 Å². The molecule has 1 saturated carbocycles. The maximum absolute atomic E-state index is 10.7. The summed E-state index contributed by atoms with van der Waals surface area (Å²) in [4.78, 5) is 0. The van der Waals surface area contributed by atoms with Crippen molar-refractivity contribution in [2.45, 2.75) is 19.3 Å². The van der Waals surface area contributed by atoms with Crippen LogP contribution in [0.5, 0.6) is 0 Å². The normalized spacial score (nSPS) is 19.8. The van der Waals surface area contributed by atoms with Crippen molar-refractivity contribution in [3.8, 4) is 0 Å². The maximum Gasteiger partial charge on any atom is 0.264 e. The Kier molecular flexibility index (Phi) is 3.50. The fourth-order valence-corrected chi connectivity index (χ4v) is 1.81. The van der Waals surface area contributed by atoms with E-state index in [9.17, 15) is 8.42 Å². The SMILES string of the molecule is C=CCC(COS(C)(=O)=O)C1CC1. The predicted molar refractivity (Wildman–Crippen MR) is 51.8 cm³/mol. The fourth-order valence-electron chi connectivity index (χ4n) is 1.39. The molecular formula is C9H16O3S. The van der Waals surface area contributed by atoms with Gasteiger partial charge in [-0.25, -0.2) is 0 Å². The molecule has 0 amide bonds. The number of allylic oxidation sites excluding steroid dienone is 1. The van der Waals surface area contributed by atoms with Crippen molar-refractivity contribution in [3.05, 3.63) is 12.7 Å². The minimum Gasteiger partial charge on any atom is -0.270 e. The summed E-state index contributed by atoms with van der Waals surface area (Å²) in [6.07, 6.45) is 6.16. The molecule has 0 radical (unpaired) electrons. The zero-order chi connectivity index (χ0) is 9.90. The van der Waals surface area contributed by atoms with Crippen LogP contribution < -0.4 is 0 Å². The second-order valence-corrected chi connectivity index (χ2v) is 5.25. The van der Waals surface area contributed by atoms with Gasteiger partial charge in [0.25, 0.3) is 10.1 Å². The Morgan fingerprint density at radius 3 is 2.62 bits per heavy atom. The summed E-state index contributed by atoms with van der Waals surface area (Å²) in [5, 5.41) is 0. The van der Waals surface area contributed by atoms with E-state index in [0.717, 1.165) is 12.7 Å². The highest BCUT2D eigenvalue weighted by molar-refractivity contribution is 7.85. The van der Waals surface area contributed by atoms with Gasteiger partial charge in [-0.05, 0) is 31.1 Å². The fraction of sp³-hybridized carbons (Fsp3) is 0.778. The lowest BCUT2D eigenvalue weighted by Crippen LogP contribution is -2.14. The van der Waals surface area contributed by atoms with E-state index in [2.05, 4.69) is 6.58 Å². The second kappa shape index (κ2) is 4.24. The Bertz CT molecular complexity index is 265. The van der Waals surface area contributed by atoms with Gasteiger partial charge in [0.2, 0.25) is 0 Å². The van der Waals surface area contributed by atoms with Gasteiger partial charge in [0.05, 0.1) is 12.9 Å². The molecule has 1 fully saturated rings. The average molecular weight is 204 g/mol. The monoisotopic (exact) mass is 204 g/mol. The predicted octanol–water partition coefficient (Wildman–Crippen LogP) is 1.56. The highest BCUT2D eigenvalue weighted by Gasteiger charge is 2.30. The van der Waals surface area contributed by atoms with Crippen LogP contribution >= 0.6 is 0 Å². The average Bonchev–Trinajstić information content (AvgIpc) is 2.78. The lowest BCUT2D eigenvalue weighted by Gasteiger charge is -2.12. The summed E-state index contributed by atoms with van der Waals surface area (Å²) in [5.41, 5.74) is 0. The molecular weight excluding hydrogens is 188 g/mol. The summed E-state index contributed by atoms with van der Waals surface area (Å²) in [7, 11) is -3.28. The van der Waals surface area contributed by atoms with Crippen LogP contribution in [0.3, 0.4) is 0 Å². The molecule has 1 aliphatic rings. The van der Waals surface area contributed by atoms with Gasteiger partial charge in [-0.1, -0.05) is 6.08 Å². The molecule has 1 rings (SSSR count). The molecule has 13 heavy (non-hydrogen) atoms. The molecule has 0 heterocycles. The van der Waals surface area contributed by atoms with Crippen molar-refractivity contribution in [2.24, 2.45) is 11.8 Å². The van der Waals surface area contributed by atoms with Crippen molar-refractivity contribution in [1.82, 2.24) is 0 Å². The lowest BCUT2D eigenvalue weighted by molar-refractivity contribution is 0.240. The second-order valence-electron chi connectivity index (χ2n) is 3.61. The number of rotatable bonds is 6. The van der Waals surface area contributed by atoms with Crippen LogP contribution in [0.2, 0.25) is 0 Å². The third-order valence-corrected chi connectivity index (χ3v) is 2.82. The molecule has 3 nitrogen and oxygen atoms in total. The Morgan fingerprint density at radius 2 is 2.23 bits per heavy atom. The minimum absolute atomic E-state index is 0.315. The highest BCUT2D eigenvalue weighted by atomic mass is 32.2.